The van der Waals surface area contributed by atoms with Crippen LogP contribution in [-0.4, -0.2) is 36.3 Å². The van der Waals surface area contributed by atoms with Crippen LogP contribution in [0.3, 0.4) is 0 Å². The lowest BCUT2D eigenvalue weighted by Crippen LogP contribution is -2.41. The fraction of sp³-hybridized carbons (Fsp3) is 0.261. The maximum atomic E-state index is 12.8. The Bertz CT molecular complexity index is 960. The van der Waals surface area contributed by atoms with E-state index in [-0.39, 0.29) is 11.8 Å². The van der Waals surface area contributed by atoms with Crippen molar-refractivity contribution >= 4 is 17.4 Å². The Morgan fingerprint density at radius 3 is 2.69 bits per heavy atom. The third-order valence-corrected chi connectivity index (χ3v) is 5.17. The minimum atomic E-state index is -0.0921. The Morgan fingerprint density at radius 2 is 1.93 bits per heavy atom. The van der Waals surface area contributed by atoms with Crippen LogP contribution >= 0.6 is 0 Å². The monoisotopic (exact) mass is 388 g/mol. The van der Waals surface area contributed by atoms with E-state index in [2.05, 4.69) is 20.4 Å². The molecule has 0 unspecified atom stereocenters. The van der Waals surface area contributed by atoms with Gasteiger partial charge in [-0.15, -0.1) is 10.2 Å². The number of hydrogen-bond donors (Lipinski definition) is 1. The van der Waals surface area contributed by atoms with Crippen molar-refractivity contribution in [3.63, 3.8) is 0 Å². The van der Waals surface area contributed by atoms with Crippen molar-refractivity contribution in [3.8, 4) is 17.0 Å². The number of rotatable bonds is 5. The van der Waals surface area contributed by atoms with Crippen LogP contribution in [-0.2, 0) is 4.79 Å². The van der Waals surface area contributed by atoms with Gasteiger partial charge < -0.3 is 15.0 Å². The van der Waals surface area contributed by atoms with Crippen LogP contribution in [0.4, 0.5) is 11.5 Å². The van der Waals surface area contributed by atoms with Crippen LogP contribution in [0.15, 0.2) is 66.7 Å². The second-order valence-electron chi connectivity index (χ2n) is 7.15. The molecule has 0 aliphatic carbocycles. The molecule has 4 rings (SSSR count). The second kappa shape index (κ2) is 8.73. The summed E-state index contributed by atoms with van der Waals surface area (Å²) in [6, 6.07) is 21.4. The Hall–Kier alpha value is -3.41. The summed E-state index contributed by atoms with van der Waals surface area (Å²) in [5.41, 5.74) is 2.64. The van der Waals surface area contributed by atoms with E-state index in [0.717, 1.165) is 47.9 Å². The van der Waals surface area contributed by atoms with Crippen molar-refractivity contribution in [2.24, 2.45) is 5.92 Å². The molecule has 1 saturated heterocycles. The molecule has 1 atom stereocenters. The molecule has 2 heterocycles. The van der Waals surface area contributed by atoms with Crippen molar-refractivity contribution < 1.29 is 9.53 Å². The highest BCUT2D eigenvalue weighted by Gasteiger charge is 2.27. The SMILES string of the molecule is COc1cccc(NC(=O)[C@H]2CCCN(c3ccc(-c4ccccc4)nn3)C2)c1. The summed E-state index contributed by atoms with van der Waals surface area (Å²) < 4.78 is 5.22. The molecule has 1 fully saturated rings. The van der Waals surface area contributed by atoms with Gasteiger partial charge in [-0.3, -0.25) is 4.79 Å². The van der Waals surface area contributed by atoms with Crippen LogP contribution in [0.5, 0.6) is 5.75 Å². The Morgan fingerprint density at radius 1 is 1.07 bits per heavy atom. The molecule has 2 aromatic carbocycles. The second-order valence-corrected chi connectivity index (χ2v) is 7.15. The van der Waals surface area contributed by atoms with E-state index >= 15 is 0 Å². The van der Waals surface area contributed by atoms with Crippen LogP contribution in [0.2, 0.25) is 0 Å². The van der Waals surface area contributed by atoms with E-state index < -0.39 is 0 Å². The number of nitrogens with zero attached hydrogens (tertiary/aromatic N) is 3. The third kappa shape index (κ3) is 4.54. The molecule has 1 aliphatic heterocycles. The van der Waals surface area contributed by atoms with E-state index in [1.54, 1.807) is 7.11 Å². The summed E-state index contributed by atoms with van der Waals surface area (Å²) in [4.78, 5) is 14.9. The normalized spacial score (nSPS) is 16.3. The topological polar surface area (TPSA) is 67.3 Å². The molecule has 0 bridgehead atoms. The van der Waals surface area contributed by atoms with Crippen molar-refractivity contribution in [1.29, 1.82) is 0 Å². The van der Waals surface area contributed by atoms with Gasteiger partial charge in [0.15, 0.2) is 5.82 Å². The molecule has 29 heavy (non-hydrogen) atoms. The van der Waals surface area contributed by atoms with E-state index in [9.17, 15) is 4.79 Å². The van der Waals surface area contributed by atoms with Crippen molar-refractivity contribution in [1.82, 2.24) is 10.2 Å². The zero-order chi connectivity index (χ0) is 20.1. The standard InChI is InChI=1S/C23H24N4O2/c1-29-20-11-5-10-19(15-20)24-23(28)18-9-6-14-27(16-18)22-13-12-21(25-26-22)17-7-3-2-4-8-17/h2-5,7-8,10-13,15,18H,6,9,14,16H2,1H3,(H,24,28)/t18-/m0/s1. The van der Waals surface area contributed by atoms with Gasteiger partial charge in [0, 0.05) is 30.4 Å². The highest BCUT2D eigenvalue weighted by atomic mass is 16.5. The predicted molar refractivity (Wildman–Crippen MR) is 114 cm³/mol. The first-order chi connectivity index (χ1) is 14.2. The number of aromatic nitrogens is 2. The summed E-state index contributed by atoms with van der Waals surface area (Å²) in [5.74, 6) is 1.47. The van der Waals surface area contributed by atoms with Gasteiger partial charge in [0.2, 0.25) is 5.91 Å². The molecule has 6 heteroatoms. The number of benzene rings is 2. The largest absolute Gasteiger partial charge is 0.497 e. The average molecular weight is 388 g/mol. The molecule has 0 saturated carbocycles. The quantitative estimate of drug-likeness (QED) is 0.715. The van der Waals surface area contributed by atoms with E-state index in [0.29, 0.717) is 6.54 Å². The average Bonchev–Trinajstić information content (AvgIpc) is 2.80. The smallest absolute Gasteiger partial charge is 0.229 e. The van der Waals surface area contributed by atoms with Crippen molar-refractivity contribution in [2.45, 2.75) is 12.8 Å². The molecule has 3 aromatic rings. The van der Waals surface area contributed by atoms with Gasteiger partial charge in [-0.05, 0) is 37.1 Å². The molecule has 0 radical (unpaired) electrons. The van der Waals surface area contributed by atoms with Crippen LogP contribution in [0.1, 0.15) is 12.8 Å². The zero-order valence-corrected chi connectivity index (χ0v) is 16.4. The highest BCUT2D eigenvalue weighted by molar-refractivity contribution is 5.93. The van der Waals surface area contributed by atoms with Gasteiger partial charge in [-0.1, -0.05) is 36.4 Å². The molecule has 1 N–H and O–H groups in total. The number of nitrogens with one attached hydrogen (secondary N) is 1. The van der Waals surface area contributed by atoms with Gasteiger partial charge >= 0.3 is 0 Å². The summed E-state index contributed by atoms with van der Waals surface area (Å²) >= 11 is 0. The van der Waals surface area contributed by atoms with Gasteiger partial charge in [0.05, 0.1) is 18.7 Å². The third-order valence-electron chi connectivity index (χ3n) is 5.17. The van der Waals surface area contributed by atoms with Gasteiger partial charge in [-0.25, -0.2) is 0 Å². The summed E-state index contributed by atoms with van der Waals surface area (Å²) in [6.45, 7) is 1.51. The number of anilines is 2. The maximum absolute atomic E-state index is 12.8. The fourth-order valence-electron chi connectivity index (χ4n) is 3.60. The summed E-state index contributed by atoms with van der Waals surface area (Å²) in [7, 11) is 1.62. The molecule has 1 aromatic heterocycles. The molecule has 148 valence electrons. The molecule has 6 nitrogen and oxygen atoms in total. The van der Waals surface area contributed by atoms with Crippen LogP contribution in [0.25, 0.3) is 11.3 Å². The highest BCUT2D eigenvalue weighted by Crippen LogP contribution is 2.25. The van der Waals surface area contributed by atoms with Gasteiger partial charge in [-0.2, -0.15) is 0 Å². The molecule has 1 amide bonds. The van der Waals surface area contributed by atoms with E-state index in [1.165, 1.54) is 0 Å². The minimum absolute atomic E-state index is 0.0248. The van der Waals surface area contributed by atoms with Gasteiger partial charge in [0.1, 0.15) is 5.75 Å². The maximum Gasteiger partial charge on any atom is 0.229 e. The van der Waals surface area contributed by atoms with Crippen LogP contribution < -0.4 is 15.0 Å². The fourth-order valence-corrected chi connectivity index (χ4v) is 3.60. The Kier molecular flexibility index (Phi) is 5.70. The molecular formula is C23H24N4O2. The Balaban J connectivity index is 1.42. The van der Waals surface area contributed by atoms with Crippen molar-refractivity contribution in [3.05, 3.63) is 66.7 Å². The summed E-state index contributed by atoms with van der Waals surface area (Å²) in [6.07, 6.45) is 1.81. The number of carbonyl (C=O) groups excluding carboxylic acids is 1. The first-order valence-corrected chi connectivity index (χ1v) is 9.82. The number of amides is 1. The molecule has 1 aliphatic rings. The van der Waals surface area contributed by atoms with Crippen LogP contribution in [0, 0.1) is 5.92 Å². The van der Waals surface area contributed by atoms with E-state index in [4.69, 9.17) is 4.74 Å². The lowest BCUT2D eigenvalue weighted by atomic mass is 9.97. The predicted octanol–water partition coefficient (Wildman–Crippen LogP) is 4.01. The lowest BCUT2D eigenvalue weighted by molar-refractivity contribution is -0.120. The number of hydrogen-bond acceptors (Lipinski definition) is 5. The van der Waals surface area contributed by atoms with Crippen molar-refractivity contribution in [2.75, 3.05) is 30.4 Å². The van der Waals surface area contributed by atoms with Gasteiger partial charge in [0.25, 0.3) is 0 Å². The summed E-state index contributed by atoms with van der Waals surface area (Å²) in [5, 5.41) is 11.8. The zero-order valence-electron chi connectivity index (χ0n) is 16.4. The molecular weight excluding hydrogens is 364 g/mol. The number of piperidine rings is 1. The first kappa shape index (κ1) is 18.9. The number of carbonyl (C=O) groups is 1. The molecule has 0 spiro atoms. The van der Waals surface area contributed by atoms with E-state index in [1.807, 2.05) is 66.7 Å². The minimum Gasteiger partial charge on any atom is -0.497 e. The number of ether oxygens (including phenoxy) is 1. The Labute approximate surface area is 170 Å². The lowest BCUT2D eigenvalue weighted by Gasteiger charge is -2.32. The first-order valence-electron chi connectivity index (χ1n) is 9.82. The number of methoxy groups -OCH3 is 1.